The third-order valence-electron chi connectivity index (χ3n) is 7.05. The molecule has 1 aromatic rings. The van der Waals surface area contributed by atoms with Crippen molar-refractivity contribution in [2.24, 2.45) is 10.4 Å². The largest absolute Gasteiger partial charge is 0.480 e. The Morgan fingerprint density at radius 1 is 1.30 bits per heavy atom. The lowest BCUT2D eigenvalue weighted by Gasteiger charge is -2.37. The molecule has 3 rings (SSSR count). The number of ether oxygens (including phenoxy) is 2. The summed E-state index contributed by atoms with van der Waals surface area (Å²) in [6, 6.07) is 8.22. The molecule has 0 saturated carbocycles. The fourth-order valence-electron chi connectivity index (χ4n) is 5.50. The van der Waals surface area contributed by atoms with Crippen molar-refractivity contribution >= 4 is 17.7 Å². The molecule has 1 aliphatic carbocycles. The second kappa shape index (κ2) is 11.9. The summed E-state index contributed by atoms with van der Waals surface area (Å²) in [5.74, 6) is -0.00211. The van der Waals surface area contributed by atoms with Crippen molar-refractivity contribution in [2.45, 2.75) is 84.8 Å². The molecule has 2 atom stereocenters. The normalized spacial score (nSPS) is 21.1. The van der Waals surface area contributed by atoms with Crippen LogP contribution < -0.4 is 5.32 Å². The number of hydrogen-bond acceptors (Lipinski definition) is 6. The first-order chi connectivity index (χ1) is 17.5. The van der Waals surface area contributed by atoms with Crippen LogP contribution in [-0.4, -0.2) is 42.1 Å². The molecule has 7 nitrogen and oxygen atoms in total. The van der Waals surface area contributed by atoms with E-state index < -0.39 is 11.7 Å². The lowest BCUT2D eigenvalue weighted by Crippen LogP contribution is -2.41. The van der Waals surface area contributed by atoms with Gasteiger partial charge < -0.3 is 19.9 Å². The highest BCUT2D eigenvalue weighted by molar-refractivity contribution is 6.20. The van der Waals surface area contributed by atoms with Gasteiger partial charge in [-0.1, -0.05) is 37.6 Å². The molecule has 0 bridgehead atoms. The van der Waals surface area contributed by atoms with Crippen molar-refractivity contribution in [1.82, 2.24) is 5.32 Å². The van der Waals surface area contributed by atoms with Gasteiger partial charge in [0.15, 0.2) is 0 Å². The summed E-state index contributed by atoms with van der Waals surface area (Å²) >= 11 is 0. The van der Waals surface area contributed by atoms with Gasteiger partial charge in [-0.05, 0) is 82.4 Å². The summed E-state index contributed by atoms with van der Waals surface area (Å²) in [5.41, 5.74) is 7.40. The van der Waals surface area contributed by atoms with Crippen molar-refractivity contribution in [3.8, 4) is 0 Å². The summed E-state index contributed by atoms with van der Waals surface area (Å²) in [7, 11) is 1.45. The molecule has 1 amide bonds. The van der Waals surface area contributed by atoms with Crippen molar-refractivity contribution in [3.63, 3.8) is 0 Å². The van der Waals surface area contributed by atoms with Crippen LogP contribution >= 0.6 is 0 Å². The highest BCUT2D eigenvalue weighted by Gasteiger charge is 2.46. The topological polar surface area (TPSA) is 104 Å². The zero-order valence-electron chi connectivity index (χ0n) is 23.0. The Labute approximate surface area is 220 Å². The van der Waals surface area contributed by atoms with Crippen LogP contribution in [0.4, 0.5) is 4.79 Å². The molecular formula is C30H41N3O4. The van der Waals surface area contributed by atoms with Crippen LogP contribution in [0.15, 0.2) is 57.9 Å². The van der Waals surface area contributed by atoms with Crippen LogP contribution in [0, 0.1) is 10.8 Å². The zero-order valence-corrected chi connectivity index (χ0v) is 23.0. The molecule has 1 unspecified atom stereocenters. The van der Waals surface area contributed by atoms with Gasteiger partial charge in [-0.25, -0.2) is 4.79 Å². The minimum absolute atomic E-state index is 0.00211. The molecule has 0 fully saturated rings. The molecule has 200 valence electrons. The van der Waals surface area contributed by atoms with E-state index in [1.54, 1.807) is 6.08 Å². The van der Waals surface area contributed by atoms with E-state index in [0.29, 0.717) is 23.3 Å². The van der Waals surface area contributed by atoms with Gasteiger partial charge in [-0.2, -0.15) is 0 Å². The van der Waals surface area contributed by atoms with Crippen LogP contribution in [0.3, 0.4) is 0 Å². The second-order valence-corrected chi connectivity index (χ2v) is 10.9. The predicted octanol–water partition coefficient (Wildman–Crippen LogP) is 6.19. The number of amides is 1. The standard InChI is InChI=1S/C30H41N3O4/c1-7-16-30(17-10-13-25-22(19-34)14-15-23(20(2)32-25)27(31)36-6)18-21-11-8-9-12-24(21)26(30)33-28(35)37-29(3,4)5/h8-9,11-12,14,26,31,34H,7,10,13,16-19H2,1-6H3,(H,33,35)/t26-,30?/m1/s1. The Morgan fingerprint density at radius 3 is 2.68 bits per heavy atom. The minimum Gasteiger partial charge on any atom is -0.480 e. The highest BCUT2D eigenvalue weighted by Crippen LogP contribution is 2.52. The highest BCUT2D eigenvalue weighted by atomic mass is 16.6. The van der Waals surface area contributed by atoms with Crippen molar-refractivity contribution < 1.29 is 19.4 Å². The third-order valence-corrected chi connectivity index (χ3v) is 7.05. The molecular weight excluding hydrogens is 466 g/mol. The zero-order chi connectivity index (χ0) is 27.2. The third kappa shape index (κ3) is 6.79. The number of allylic oxidation sites excluding steroid dienone is 1. The number of nitrogens with zero attached hydrogens (tertiary/aromatic N) is 1. The number of aliphatic hydroxyl groups is 1. The molecule has 1 aromatic carbocycles. The summed E-state index contributed by atoms with van der Waals surface area (Å²) < 4.78 is 10.7. The molecule has 0 radical (unpaired) electrons. The Morgan fingerprint density at radius 2 is 2.03 bits per heavy atom. The van der Waals surface area contributed by atoms with Crippen LogP contribution in [0.1, 0.15) is 83.9 Å². The fourth-order valence-corrected chi connectivity index (χ4v) is 5.50. The minimum atomic E-state index is -0.572. The van der Waals surface area contributed by atoms with E-state index in [4.69, 9.17) is 19.9 Å². The van der Waals surface area contributed by atoms with E-state index in [0.717, 1.165) is 43.4 Å². The number of aliphatic imine (C=N–C) groups is 1. The van der Waals surface area contributed by atoms with Gasteiger partial charge >= 0.3 is 6.09 Å². The SMILES string of the molecule is CCCC1(CCCC2=C(CO)C=C=C(C(=N)OC)C(C)=N2)Cc2ccccc2[C@H]1NC(=O)OC(C)(C)C. The van der Waals surface area contributed by atoms with Crippen molar-refractivity contribution in [1.29, 1.82) is 5.41 Å². The lowest BCUT2D eigenvalue weighted by atomic mass is 9.73. The van der Waals surface area contributed by atoms with Gasteiger partial charge in [-0.3, -0.25) is 10.4 Å². The van der Waals surface area contributed by atoms with E-state index in [1.807, 2.05) is 33.8 Å². The number of carbonyl (C=O) groups excluding carboxylic acids is 1. The average molecular weight is 508 g/mol. The molecule has 7 heteroatoms. The fraction of sp³-hybridized carbons (Fsp3) is 0.533. The van der Waals surface area contributed by atoms with E-state index in [-0.39, 0.29) is 24.0 Å². The summed E-state index contributed by atoms with van der Waals surface area (Å²) in [6.45, 7) is 9.48. The van der Waals surface area contributed by atoms with Crippen molar-refractivity contribution in [2.75, 3.05) is 13.7 Å². The van der Waals surface area contributed by atoms with Gasteiger partial charge in [0.1, 0.15) is 5.60 Å². The number of aliphatic hydroxyl groups excluding tert-OH is 1. The maximum atomic E-state index is 12.9. The van der Waals surface area contributed by atoms with E-state index >= 15 is 0 Å². The Kier molecular flexibility index (Phi) is 9.16. The monoisotopic (exact) mass is 507 g/mol. The first-order valence-electron chi connectivity index (χ1n) is 13.1. The maximum absolute atomic E-state index is 12.9. The molecule has 1 aliphatic heterocycles. The quantitative estimate of drug-likeness (QED) is 0.211. The molecule has 1 heterocycles. The number of fused-ring (bicyclic) bond motifs is 1. The Hall–Kier alpha value is -3.15. The molecule has 3 N–H and O–H groups in total. The van der Waals surface area contributed by atoms with E-state index in [9.17, 15) is 9.90 Å². The van der Waals surface area contributed by atoms with Gasteiger partial charge in [0, 0.05) is 11.3 Å². The maximum Gasteiger partial charge on any atom is 0.408 e. The van der Waals surface area contributed by atoms with Crippen LogP contribution in [0.25, 0.3) is 0 Å². The van der Waals surface area contributed by atoms with Crippen LogP contribution in [0.5, 0.6) is 0 Å². The number of methoxy groups -OCH3 is 1. The molecule has 0 saturated heterocycles. The van der Waals surface area contributed by atoms with Gasteiger partial charge in [0.25, 0.3) is 0 Å². The molecule has 0 spiro atoms. The number of carbonyl (C=O) groups is 1. The van der Waals surface area contributed by atoms with Gasteiger partial charge in [0.05, 0.1) is 31.0 Å². The Bertz CT molecular complexity index is 1150. The Balaban J connectivity index is 1.85. The van der Waals surface area contributed by atoms with Crippen LogP contribution in [-0.2, 0) is 15.9 Å². The van der Waals surface area contributed by atoms with E-state index in [1.165, 1.54) is 12.7 Å². The number of rotatable bonds is 9. The number of benzene rings is 1. The van der Waals surface area contributed by atoms with Crippen LogP contribution in [0.2, 0.25) is 0 Å². The second-order valence-electron chi connectivity index (χ2n) is 10.9. The molecule has 2 aliphatic rings. The number of hydrogen-bond donors (Lipinski definition) is 3. The first kappa shape index (κ1) is 28.4. The number of nitrogens with one attached hydrogen (secondary N) is 2. The summed E-state index contributed by atoms with van der Waals surface area (Å²) in [5, 5.41) is 21.2. The van der Waals surface area contributed by atoms with Gasteiger partial charge in [0.2, 0.25) is 5.90 Å². The average Bonchev–Trinajstić information content (AvgIpc) is 3.02. The predicted molar refractivity (Wildman–Crippen MR) is 147 cm³/mol. The first-order valence-corrected chi connectivity index (χ1v) is 13.1. The lowest BCUT2D eigenvalue weighted by molar-refractivity contribution is 0.0431. The summed E-state index contributed by atoms with van der Waals surface area (Å²) in [6.07, 6.45) is 6.55. The van der Waals surface area contributed by atoms with E-state index in [2.05, 4.69) is 36.2 Å². The number of alkyl carbamates (subject to hydrolysis) is 1. The van der Waals surface area contributed by atoms with Gasteiger partial charge in [-0.15, -0.1) is 5.73 Å². The smallest absolute Gasteiger partial charge is 0.408 e. The summed E-state index contributed by atoms with van der Waals surface area (Å²) in [4.78, 5) is 17.6. The van der Waals surface area contributed by atoms with Crippen molar-refractivity contribution in [3.05, 3.63) is 64.0 Å². The molecule has 37 heavy (non-hydrogen) atoms. The molecule has 0 aromatic heterocycles.